The molecule has 78 valence electrons. The molecule has 0 saturated carbocycles. The lowest BCUT2D eigenvalue weighted by Crippen LogP contribution is -2.16. The van der Waals surface area contributed by atoms with E-state index in [1.165, 1.54) is 0 Å². The molecular weight excluding hydrogens is 176 g/mol. The summed E-state index contributed by atoms with van der Waals surface area (Å²) in [4.78, 5) is 4.38. The first-order valence-corrected chi connectivity index (χ1v) is 5.07. The van der Waals surface area contributed by atoms with E-state index in [2.05, 4.69) is 10.3 Å². The Morgan fingerprint density at radius 3 is 2.93 bits per heavy atom. The highest BCUT2D eigenvalue weighted by molar-refractivity contribution is 5.09. The molecule has 0 bridgehead atoms. The van der Waals surface area contributed by atoms with Gasteiger partial charge in [0.15, 0.2) is 0 Å². The lowest BCUT2D eigenvalue weighted by atomic mass is 10.3. The number of aliphatic hydroxyl groups excluding tert-OH is 1. The van der Waals surface area contributed by atoms with E-state index in [1.54, 1.807) is 0 Å². The van der Waals surface area contributed by atoms with E-state index in [0.29, 0.717) is 0 Å². The van der Waals surface area contributed by atoms with Crippen LogP contribution in [0.2, 0.25) is 0 Å². The van der Waals surface area contributed by atoms with Crippen LogP contribution in [0.3, 0.4) is 0 Å². The molecule has 2 N–H and O–H groups in total. The Kier molecular flexibility index (Phi) is 5.19. The zero-order chi connectivity index (χ0) is 10.2. The summed E-state index contributed by atoms with van der Waals surface area (Å²) >= 11 is 0. The monoisotopic (exact) mass is 194 g/mol. The van der Waals surface area contributed by atoms with Gasteiger partial charge in [-0.3, -0.25) is 4.98 Å². The van der Waals surface area contributed by atoms with Gasteiger partial charge in [0.1, 0.15) is 0 Å². The van der Waals surface area contributed by atoms with Gasteiger partial charge >= 0.3 is 0 Å². The average molecular weight is 194 g/mol. The van der Waals surface area contributed by atoms with Crippen molar-refractivity contribution in [3.05, 3.63) is 29.6 Å². The SMILES string of the molecule is Cc1cccc(CNCCCCO)n1. The number of nitrogens with one attached hydrogen (secondary N) is 1. The van der Waals surface area contributed by atoms with Crippen molar-refractivity contribution >= 4 is 0 Å². The maximum absolute atomic E-state index is 8.58. The highest BCUT2D eigenvalue weighted by Crippen LogP contribution is 1.97. The van der Waals surface area contributed by atoms with Crippen molar-refractivity contribution in [1.29, 1.82) is 0 Å². The van der Waals surface area contributed by atoms with Crippen LogP contribution in [0.1, 0.15) is 24.2 Å². The summed E-state index contributed by atoms with van der Waals surface area (Å²) < 4.78 is 0. The molecule has 1 rings (SSSR count). The summed E-state index contributed by atoms with van der Waals surface area (Å²) in [6.07, 6.45) is 1.89. The summed E-state index contributed by atoms with van der Waals surface area (Å²) in [5.41, 5.74) is 2.13. The zero-order valence-electron chi connectivity index (χ0n) is 8.66. The van der Waals surface area contributed by atoms with Crippen molar-refractivity contribution in [2.75, 3.05) is 13.2 Å². The number of hydrogen-bond donors (Lipinski definition) is 2. The molecule has 1 aromatic rings. The molecule has 0 aliphatic carbocycles. The first-order valence-electron chi connectivity index (χ1n) is 5.07. The average Bonchev–Trinajstić information content (AvgIpc) is 2.18. The van der Waals surface area contributed by atoms with Crippen LogP contribution in [0.4, 0.5) is 0 Å². The number of rotatable bonds is 6. The molecular formula is C11H18N2O. The topological polar surface area (TPSA) is 45.1 Å². The second-order valence-corrected chi connectivity index (χ2v) is 3.38. The number of unbranched alkanes of at least 4 members (excludes halogenated alkanes) is 1. The first-order chi connectivity index (χ1) is 6.83. The molecule has 3 nitrogen and oxygen atoms in total. The van der Waals surface area contributed by atoms with Gasteiger partial charge in [-0.2, -0.15) is 0 Å². The van der Waals surface area contributed by atoms with E-state index in [0.717, 1.165) is 37.3 Å². The Bertz CT molecular complexity index is 263. The number of nitrogens with zero attached hydrogens (tertiary/aromatic N) is 1. The third-order valence-electron chi connectivity index (χ3n) is 2.01. The van der Waals surface area contributed by atoms with Crippen molar-refractivity contribution < 1.29 is 5.11 Å². The lowest BCUT2D eigenvalue weighted by molar-refractivity contribution is 0.283. The molecule has 0 aliphatic rings. The van der Waals surface area contributed by atoms with E-state index < -0.39 is 0 Å². The molecule has 0 radical (unpaired) electrons. The molecule has 0 spiro atoms. The second-order valence-electron chi connectivity index (χ2n) is 3.38. The van der Waals surface area contributed by atoms with E-state index in [9.17, 15) is 0 Å². The smallest absolute Gasteiger partial charge is 0.0544 e. The third-order valence-corrected chi connectivity index (χ3v) is 2.01. The van der Waals surface area contributed by atoms with Crippen LogP contribution in [0.5, 0.6) is 0 Å². The predicted molar refractivity (Wildman–Crippen MR) is 57.0 cm³/mol. The number of pyridine rings is 1. The highest BCUT2D eigenvalue weighted by atomic mass is 16.2. The van der Waals surface area contributed by atoms with E-state index in [-0.39, 0.29) is 6.61 Å². The van der Waals surface area contributed by atoms with Crippen LogP contribution in [0, 0.1) is 6.92 Å². The molecule has 1 heterocycles. The van der Waals surface area contributed by atoms with Crippen LogP contribution in [-0.2, 0) is 6.54 Å². The second kappa shape index (κ2) is 6.51. The largest absolute Gasteiger partial charge is 0.396 e. The van der Waals surface area contributed by atoms with Gasteiger partial charge in [-0.25, -0.2) is 0 Å². The molecule has 0 unspecified atom stereocenters. The van der Waals surface area contributed by atoms with Crippen LogP contribution >= 0.6 is 0 Å². The molecule has 3 heteroatoms. The van der Waals surface area contributed by atoms with Gasteiger partial charge in [0.2, 0.25) is 0 Å². The summed E-state index contributed by atoms with van der Waals surface area (Å²) in [7, 11) is 0. The molecule has 0 aromatic carbocycles. The Balaban J connectivity index is 2.18. The molecule has 0 saturated heterocycles. The molecule has 0 aliphatic heterocycles. The van der Waals surface area contributed by atoms with Crippen LogP contribution in [-0.4, -0.2) is 23.2 Å². The number of aliphatic hydroxyl groups is 1. The number of hydrogen-bond acceptors (Lipinski definition) is 3. The van der Waals surface area contributed by atoms with E-state index >= 15 is 0 Å². The van der Waals surface area contributed by atoms with Gasteiger partial charge in [0.25, 0.3) is 0 Å². The number of aromatic nitrogens is 1. The lowest BCUT2D eigenvalue weighted by Gasteiger charge is -2.03. The fraction of sp³-hybridized carbons (Fsp3) is 0.545. The van der Waals surface area contributed by atoms with Crippen molar-refractivity contribution in [2.24, 2.45) is 0 Å². The van der Waals surface area contributed by atoms with Crippen LogP contribution < -0.4 is 5.32 Å². The van der Waals surface area contributed by atoms with Crippen LogP contribution in [0.25, 0.3) is 0 Å². The molecule has 0 fully saturated rings. The van der Waals surface area contributed by atoms with Gasteiger partial charge < -0.3 is 10.4 Å². The van der Waals surface area contributed by atoms with Crippen molar-refractivity contribution in [3.8, 4) is 0 Å². The van der Waals surface area contributed by atoms with Gasteiger partial charge in [-0.1, -0.05) is 6.07 Å². The standard InChI is InChI=1S/C11H18N2O/c1-10-5-4-6-11(13-10)9-12-7-2-3-8-14/h4-6,12,14H,2-3,7-9H2,1H3. The maximum Gasteiger partial charge on any atom is 0.0544 e. The quantitative estimate of drug-likeness (QED) is 0.670. The summed E-state index contributed by atoms with van der Waals surface area (Å²) in [6, 6.07) is 6.04. The van der Waals surface area contributed by atoms with Crippen molar-refractivity contribution in [2.45, 2.75) is 26.3 Å². The third kappa shape index (κ3) is 4.35. The van der Waals surface area contributed by atoms with Gasteiger partial charge in [-0.15, -0.1) is 0 Å². The van der Waals surface area contributed by atoms with Gasteiger partial charge in [0, 0.05) is 18.8 Å². The molecule has 0 amide bonds. The van der Waals surface area contributed by atoms with Gasteiger partial charge in [0.05, 0.1) is 5.69 Å². The fourth-order valence-corrected chi connectivity index (χ4v) is 1.28. The molecule has 0 atom stereocenters. The zero-order valence-corrected chi connectivity index (χ0v) is 8.66. The van der Waals surface area contributed by atoms with Crippen molar-refractivity contribution in [1.82, 2.24) is 10.3 Å². The Labute approximate surface area is 85.2 Å². The maximum atomic E-state index is 8.58. The summed E-state index contributed by atoms with van der Waals surface area (Å²) in [5, 5.41) is 11.9. The fourth-order valence-electron chi connectivity index (χ4n) is 1.28. The Morgan fingerprint density at radius 2 is 2.21 bits per heavy atom. The van der Waals surface area contributed by atoms with E-state index in [1.807, 2.05) is 25.1 Å². The van der Waals surface area contributed by atoms with Crippen LogP contribution in [0.15, 0.2) is 18.2 Å². The highest BCUT2D eigenvalue weighted by Gasteiger charge is 1.93. The Hall–Kier alpha value is -0.930. The van der Waals surface area contributed by atoms with E-state index in [4.69, 9.17) is 5.11 Å². The van der Waals surface area contributed by atoms with Gasteiger partial charge in [-0.05, 0) is 38.4 Å². The summed E-state index contributed by atoms with van der Waals surface area (Å²) in [6.45, 7) is 4.03. The molecule has 1 aromatic heterocycles. The first kappa shape index (κ1) is 11.1. The minimum absolute atomic E-state index is 0.282. The number of aryl methyl sites for hydroxylation is 1. The summed E-state index contributed by atoms with van der Waals surface area (Å²) in [5.74, 6) is 0. The minimum atomic E-state index is 0.282. The Morgan fingerprint density at radius 1 is 1.36 bits per heavy atom. The predicted octanol–water partition coefficient (Wildman–Crippen LogP) is 1.25. The minimum Gasteiger partial charge on any atom is -0.396 e. The van der Waals surface area contributed by atoms with Crippen molar-refractivity contribution in [3.63, 3.8) is 0 Å². The normalized spacial score (nSPS) is 10.4. The molecule has 14 heavy (non-hydrogen) atoms.